The SMILES string of the molecule is CC.Cc1ccc2c(c1)CCC(=O)N2.[B]. The quantitative estimate of drug-likeness (QED) is 0.643. The molecule has 1 N–H and O–H groups in total. The minimum Gasteiger partial charge on any atom is -0.326 e. The Balaban J connectivity index is 0.000000617. The molecule has 1 heterocycles. The van der Waals surface area contributed by atoms with Crippen LogP contribution in [-0.2, 0) is 11.2 Å². The van der Waals surface area contributed by atoms with Gasteiger partial charge in [0.15, 0.2) is 0 Å². The summed E-state index contributed by atoms with van der Waals surface area (Å²) in [6.45, 7) is 6.07. The Kier molecular flexibility index (Phi) is 5.76. The van der Waals surface area contributed by atoms with Crippen molar-refractivity contribution in [2.75, 3.05) is 5.32 Å². The van der Waals surface area contributed by atoms with Crippen molar-refractivity contribution in [3.05, 3.63) is 29.3 Å². The Morgan fingerprint density at radius 1 is 1.20 bits per heavy atom. The molecule has 2 nitrogen and oxygen atoms in total. The number of carbonyl (C=O) groups is 1. The van der Waals surface area contributed by atoms with Gasteiger partial charge in [0.1, 0.15) is 0 Å². The summed E-state index contributed by atoms with van der Waals surface area (Å²) in [6.07, 6.45) is 1.50. The van der Waals surface area contributed by atoms with E-state index in [1.807, 2.05) is 26.0 Å². The van der Waals surface area contributed by atoms with Crippen LogP contribution in [0.15, 0.2) is 18.2 Å². The average molecular weight is 202 g/mol. The zero-order valence-electron chi connectivity index (χ0n) is 9.63. The lowest BCUT2D eigenvalue weighted by Gasteiger charge is -2.16. The summed E-state index contributed by atoms with van der Waals surface area (Å²) < 4.78 is 0. The highest BCUT2D eigenvalue weighted by Crippen LogP contribution is 2.22. The van der Waals surface area contributed by atoms with E-state index in [-0.39, 0.29) is 14.3 Å². The Labute approximate surface area is 93.7 Å². The number of aryl methyl sites for hydroxylation is 2. The first-order valence-electron chi connectivity index (χ1n) is 5.15. The standard InChI is InChI=1S/C10H11NO.C2H6.B/c1-7-2-4-9-8(6-7)3-5-10(12)11-9;1-2;/h2,4,6H,3,5H2,1H3,(H,11,12);1-2H3;. The molecule has 1 amide bonds. The van der Waals surface area contributed by atoms with Crippen LogP contribution in [0.1, 0.15) is 31.4 Å². The summed E-state index contributed by atoms with van der Waals surface area (Å²) in [7, 11) is 0. The van der Waals surface area contributed by atoms with Gasteiger partial charge in [-0.1, -0.05) is 31.5 Å². The number of hydrogen-bond acceptors (Lipinski definition) is 1. The zero-order valence-corrected chi connectivity index (χ0v) is 9.63. The second-order valence-corrected chi connectivity index (χ2v) is 3.21. The maximum absolute atomic E-state index is 11.0. The van der Waals surface area contributed by atoms with Gasteiger partial charge in [-0.25, -0.2) is 0 Å². The molecule has 3 radical (unpaired) electrons. The molecule has 0 spiro atoms. The lowest BCUT2D eigenvalue weighted by molar-refractivity contribution is -0.116. The van der Waals surface area contributed by atoms with Crippen LogP contribution in [-0.4, -0.2) is 14.3 Å². The molecule has 0 saturated carbocycles. The minimum atomic E-state index is 0. The number of fused-ring (bicyclic) bond motifs is 1. The van der Waals surface area contributed by atoms with Crippen molar-refractivity contribution < 1.29 is 4.79 Å². The van der Waals surface area contributed by atoms with Crippen LogP contribution in [0.3, 0.4) is 0 Å². The predicted octanol–water partition coefficient (Wildman–Crippen LogP) is 2.53. The number of nitrogens with one attached hydrogen (secondary N) is 1. The van der Waals surface area contributed by atoms with E-state index in [0.717, 1.165) is 12.1 Å². The van der Waals surface area contributed by atoms with Gasteiger partial charge in [0.25, 0.3) is 0 Å². The third-order valence-corrected chi connectivity index (χ3v) is 2.16. The lowest BCUT2D eigenvalue weighted by Crippen LogP contribution is -2.18. The van der Waals surface area contributed by atoms with E-state index in [2.05, 4.69) is 18.3 Å². The third kappa shape index (κ3) is 3.42. The van der Waals surface area contributed by atoms with Crippen molar-refractivity contribution in [3.63, 3.8) is 0 Å². The van der Waals surface area contributed by atoms with Crippen LogP contribution < -0.4 is 5.32 Å². The van der Waals surface area contributed by atoms with Crippen molar-refractivity contribution in [3.8, 4) is 0 Å². The monoisotopic (exact) mass is 202 g/mol. The molecule has 79 valence electrons. The van der Waals surface area contributed by atoms with Crippen molar-refractivity contribution in [1.82, 2.24) is 0 Å². The molecule has 1 aliphatic heterocycles. The van der Waals surface area contributed by atoms with E-state index in [9.17, 15) is 4.79 Å². The van der Waals surface area contributed by atoms with E-state index in [4.69, 9.17) is 0 Å². The van der Waals surface area contributed by atoms with E-state index in [1.54, 1.807) is 0 Å². The topological polar surface area (TPSA) is 29.1 Å². The summed E-state index contributed by atoms with van der Waals surface area (Å²) in [4.78, 5) is 11.0. The molecule has 2 rings (SSSR count). The normalized spacial score (nSPS) is 12.6. The van der Waals surface area contributed by atoms with E-state index in [1.165, 1.54) is 11.1 Å². The first-order valence-corrected chi connectivity index (χ1v) is 5.15. The molecule has 0 unspecified atom stereocenters. The number of amides is 1. The van der Waals surface area contributed by atoms with Gasteiger partial charge in [-0.3, -0.25) is 4.79 Å². The van der Waals surface area contributed by atoms with Gasteiger partial charge in [0.05, 0.1) is 0 Å². The molecule has 0 aliphatic carbocycles. The molecule has 3 heteroatoms. The van der Waals surface area contributed by atoms with Gasteiger partial charge in [-0.2, -0.15) is 0 Å². The Hall–Kier alpha value is -1.25. The molecule has 1 aliphatic rings. The molecule has 0 saturated heterocycles. The average Bonchev–Trinajstić information content (AvgIpc) is 2.21. The fourth-order valence-corrected chi connectivity index (χ4v) is 1.51. The third-order valence-electron chi connectivity index (χ3n) is 2.16. The molecule has 1 aromatic carbocycles. The summed E-state index contributed by atoms with van der Waals surface area (Å²) >= 11 is 0. The predicted molar refractivity (Wildman–Crippen MR) is 65.2 cm³/mol. The number of anilines is 1. The van der Waals surface area contributed by atoms with Crippen LogP contribution >= 0.6 is 0 Å². The van der Waals surface area contributed by atoms with Crippen LogP contribution in [0.2, 0.25) is 0 Å². The zero-order chi connectivity index (χ0) is 10.6. The largest absolute Gasteiger partial charge is 0.326 e. The smallest absolute Gasteiger partial charge is 0.224 e. The molecular weight excluding hydrogens is 185 g/mol. The van der Waals surface area contributed by atoms with Crippen LogP contribution in [0.25, 0.3) is 0 Å². The van der Waals surface area contributed by atoms with Gasteiger partial charge >= 0.3 is 0 Å². The van der Waals surface area contributed by atoms with Crippen molar-refractivity contribution in [2.24, 2.45) is 0 Å². The molecule has 0 atom stereocenters. The maximum Gasteiger partial charge on any atom is 0.224 e. The molecular formula is C12H17BNO. The Morgan fingerprint density at radius 3 is 2.53 bits per heavy atom. The Bertz CT molecular complexity index is 336. The molecule has 0 fully saturated rings. The van der Waals surface area contributed by atoms with Crippen molar-refractivity contribution >= 4 is 20.0 Å². The molecule has 1 aromatic rings. The highest BCUT2D eigenvalue weighted by molar-refractivity contribution is 5.93. The highest BCUT2D eigenvalue weighted by Gasteiger charge is 2.13. The molecule has 15 heavy (non-hydrogen) atoms. The van der Waals surface area contributed by atoms with Crippen molar-refractivity contribution in [2.45, 2.75) is 33.6 Å². The summed E-state index contributed by atoms with van der Waals surface area (Å²) in [5.41, 5.74) is 3.50. The summed E-state index contributed by atoms with van der Waals surface area (Å²) in [5, 5.41) is 2.85. The minimum absolute atomic E-state index is 0. The van der Waals surface area contributed by atoms with Gasteiger partial charge in [0, 0.05) is 20.5 Å². The van der Waals surface area contributed by atoms with Crippen LogP contribution in [0, 0.1) is 6.92 Å². The fourth-order valence-electron chi connectivity index (χ4n) is 1.51. The Morgan fingerprint density at radius 2 is 1.87 bits per heavy atom. The highest BCUT2D eigenvalue weighted by atomic mass is 16.1. The van der Waals surface area contributed by atoms with Crippen LogP contribution in [0.5, 0.6) is 0 Å². The lowest BCUT2D eigenvalue weighted by atomic mass is 10.0. The van der Waals surface area contributed by atoms with E-state index < -0.39 is 0 Å². The summed E-state index contributed by atoms with van der Waals surface area (Å²) in [5.74, 6) is 0.131. The van der Waals surface area contributed by atoms with Crippen LogP contribution in [0.4, 0.5) is 5.69 Å². The van der Waals surface area contributed by atoms with Gasteiger partial charge < -0.3 is 5.32 Å². The van der Waals surface area contributed by atoms with Crippen molar-refractivity contribution in [1.29, 1.82) is 0 Å². The van der Waals surface area contributed by atoms with E-state index >= 15 is 0 Å². The first kappa shape index (κ1) is 13.8. The number of rotatable bonds is 0. The second kappa shape index (κ2) is 6.28. The number of hydrogen-bond donors (Lipinski definition) is 1. The molecule has 0 aromatic heterocycles. The number of benzene rings is 1. The summed E-state index contributed by atoms with van der Waals surface area (Å²) in [6, 6.07) is 6.13. The maximum atomic E-state index is 11.0. The first-order chi connectivity index (χ1) is 6.75. The molecule has 0 bridgehead atoms. The number of carbonyl (C=O) groups excluding carboxylic acids is 1. The van der Waals surface area contributed by atoms with Gasteiger partial charge in [-0.05, 0) is 25.0 Å². The second-order valence-electron chi connectivity index (χ2n) is 3.21. The van der Waals surface area contributed by atoms with Gasteiger partial charge in [-0.15, -0.1) is 0 Å². The fraction of sp³-hybridized carbons (Fsp3) is 0.417. The van der Waals surface area contributed by atoms with Gasteiger partial charge in [0.2, 0.25) is 5.91 Å². The van der Waals surface area contributed by atoms with E-state index in [0.29, 0.717) is 6.42 Å².